The number of ether oxygens (including phenoxy) is 4. The molecule has 1 aromatic heterocycles. The standard InChI is InChI=1S/C20H18O7/c1-23-16-10-15-17(19(25-3)18(16)24-2)13(21)9-14(27-15)11-6-5-7-12(8-11)20(22)26-4/h5-10H,1-4H3. The van der Waals surface area contributed by atoms with Crippen LogP contribution in [-0.2, 0) is 4.74 Å². The molecule has 7 nitrogen and oxygen atoms in total. The van der Waals surface area contributed by atoms with Crippen LogP contribution in [0.5, 0.6) is 17.2 Å². The Balaban J connectivity index is 2.26. The fourth-order valence-electron chi connectivity index (χ4n) is 2.85. The van der Waals surface area contributed by atoms with E-state index in [2.05, 4.69) is 0 Å². The second-order valence-corrected chi connectivity index (χ2v) is 5.57. The van der Waals surface area contributed by atoms with Crippen LogP contribution in [0, 0.1) is 0 Å². The number of rotatable bonds is 5. The molecule has 0 atom stereocenters. The summed E-state index contributed by atoms with van der Waals surface area (Å²) < 4.78 is 26.6. The van der Waals surface area contributed by atoms with Gasteiger partial charge in [0.1, 0.15) is 16.7 Å². The van der Waals surface area contributed by atoms with Gasteiger partial charge in [0.25, 0.3) is 0 Å². The molecule has 7 heteroatoms. The Morgan fingerprint density at radius 1 is 0.926 bits per heavy atom. The van der Waals surface area contributed by atoms with E-state index in [1.54, 1.807) is 30.3 Å². The van der Waals surface area contributed by atoms with E-state index in [9.17, 15) is 9.59 Å². The molecule has 0 aliphatic heterocycles. The van der Waals surface area contributed by atoms with E-state index in [4.69, 9.17) is 23.4 Å². The summed E-state index contributed by atoms with van der Waals surface area (Å²) >= 11 is 0. The van der Waals surface area contributed by atoms with Crippen LogP contribution in [-0.4, -0.2) is 34.4 Å². The topological polar surface area (TPSA) is 84.2 Å². The van der Waals surface area contributed by atoms with Crippen LogP contribution < -0.4 is 19.6 Å². The van der Waals surface area contributed by atoms with Crippen molar-refractivity contribution in [2.75, 3.05) is 28.4 Å². The molecular formula is C20H18O7. The predicted molar refractivity (Wildman–Crippen MR) is 98.9 cm³/mol. The molecule has 0 radical (unpaired) electrons. The molecule has 2 aromatic carbocycles. The third-order valence-corrected chi connectivity index (χ3v) is 4.09. The number of hydrogen-bond acceptors (Lipinski definition) is 7. The van der Waals surface area contributed by atoms with Gasteiger partial charge in [-0.25, -0.2) is 4.79 Å². The van der Waals surface area contributed by atoms with Crippen LogP contribution in [0.2, 0.25) is 0 Å². The lowest BCUT2D eigenvalue weighted by Gasteiger charge is -2.14. The summed E-state index contributed by atoms with van der Waals surface area (Å²) in [7, 11) is 5.67. The molecule has 0 N–H and O–H groups in total. The van der Waals surface area contributed by atoms with Gasteiger partial charge in [-0.15, -0.1) is 0 Å². The quantitative estimate of drug-likeness (QED) is 0.637. The largest absolute Gasteiger partial charge is 0.493 e. The summed E-state index contributed by atoms with van der Waals surface area (Å²) in [4.78, 5) is 24.5. The van der Waals surface area contributed by atoms with E-state index in [1.165, 1.54) is 34.5 Å². The third kappa shape index (κ3) is 3.19. The van der Waals surface area contributed by atoms with Crippen LogP contribution in [0.25, 0.3) is 22.3 Å². The maximum absolute atomic E-state index is 12.8. The highest BCUT2D eigenvalue weighted by molar-refractivity contribution is 5.92. The smallest absolute Gasteiger partial charge is 0.337 e. The monoisotopic (exact) mass is 370 g/mol. The summed E-state index contributed by atoms with van der Waals surface area (Å²) in [5.74, 6) is 0.724. The Hall–Kier alpha value is -3.48. The highest BCUT2D eigenvalue weighted by atomic mass is 16.5. The lowest BCUT2D eigenvalue weighted by molar-refractivity contribution is 0.0601. The number of fused-ring (bicyclic) bond motifs is 1. The highest BCUT2D eigenvalue weighted by Gasteiger charge is 2.21. The molecule has 0 saturated carbocycles. The lowest BCUT2D eigenvalue weighted by Crippen LogP contribution is -2.05. The normalized spacial score (nSPS) is 10.5. The van der Waals surface area contributed by atoms with Gasteiger partial charge in [0.15, 0.2) is 16.9 Å². The number of carbonyl (C=O) groups is 1. The third-order valence-electron chi connectivity index (χ3n) is 4.09. The number of hydrogen-bond donors (Lipinski definition) is 0. The average molecular weight is 370 g/mol. The molecule has 3 aromatic rings. The summed E-state index contributed by atoms with van der Waals surface area (Å²) in [6, 6.07) is 9.52. The summed E-state index contributed by atoms with van der Waals surface area (Å²) in [6.07, 6.45) is 0. The molecule has 0 spiro atoms. The first kappa shape index (κ1) is 18.3. The molecule has 3 rings (SSSR count). The molecular weight excluding hydrogens is 352 g/mol. The number of benzene rings is 2. The van der Waals surface area contributed by atoms with Crippen LogP contribution in [0.15, 0.2) is 45.6 Å². The maximum atomic E-state index is 12.8. The van der Waals surface area contributed by atoms with Gasteiger partial charge < -0.3 is 23.4 Å². The van der Waals surface area contributed by atoms with Crippen molar-refractivity contribution in [3.05, 3.63) is 52.2 Å². The SMILES string of the molecule is COC(=O)c1cccc(-c2cc(=O)c3c(OC)c(OC)c(OC)cc3o2)c1. The van der Waals surface area contributed by atoms with Gasteiger partial charge in [-0.2, -0.15) is 0 Å². The zero-order valence-electron chi connectivity index (χ0n) is 15.3. The van der Waals surface area contributed by atoms with Gasteiger partial charge in [0.2, 0.25) is 5.75 Å². The summed E-state index contributed by atoms with van der Waals surface area (Å²) in [5, 5.41) is 0.239. The minimum atomic E-state index is -0.479. The van der Waals surface area contributed by atoms with Gasteiger partial charge in [0, 0.05) is 17.7 Å². The number of carbonyl (C=O) groups excluding carboxylic acids is 1. The van der Waals surface area contributed by atoms with Crippen molar-refractivity contribution in [3.63, 3.8) is 0 Å². The van der Waals surface area contributed by atoms with Crippen LogP contribution in [0.3, 0.4) is 0 Å². The molecule has 0 saturated heterocycles. The van der Waals surface area contributed by atoms with E-state index in [-0.39, 0.29) is 22.1 Å². The second-order valence-electron chi connectivity index (χ2n) is 5.57. The number of methoxy groups -OCH3 is 4. The minimum absolute atomic E-state index is 0.232. The molecule has 27 heavy (non-hydrogen) atoms. The van der Waals surface area contributed by atoms with E-state index >= 15 is 0 Å². The first-order valence-electron chi connectivity index (χ1n) is 7.99. The van der Waals surface area contributed by atoms with Gasteiger partial charge in [-0.3, -0.25) is 4.79 Å². The van der Waals surface area contributed by atoms with Crippen LogP contribution in [0.4, 0.5) is 0 Å². The molecule has 0 amide bonds. The van der Waals surface area contributed by atoms with Gasteiger partial charge in [-0.05, 0) is 12.1 Å². The molecule has 1 heterocycles. The van der Waals surface area contributed by atoms with Crippen molar-refractivity contribution in [1.82, 2.24) is 0 Å². The zero-order chi connectivity index (χ0) is 19.6. The van der Waals surface area contributed by atoms with Gasteiger partial charge in [0.05, 0.1) is 34.0 Å². The fourth-order valence-corrected chi connectivity index (χ4v) is 2.85. The molecule has 0 fully saturated rings. The van der Waals surface area contributed by atoms with E-state index in [1.807, 2.05) is 0 Å². The fraction of sp³-hybridized carbons (Fsp3) is 0.200. The highest BCUT2D eigenvalue weighted by Crippen LogP contribution is 2.42. The summed E-state index contributed by atoms with van der Waals surface area (Å²) in [5.41, 5.74) is 0.872. The Labute approximate surface area is 155 Å². The average Bonchev–Trinajstić information content (AvgIpc) is 2.71. The first-order valence-corrected chi connectivity index (χ1v) is 7.99. The Bertz CT molecular complexity index is 1070. The van der Waals surface area contributed by atoms with Crippen molar-refractivity contribution < 1.29 is 28.2 Å². The molecule has 140 valence electrons. The second kappa shape index (κ2) is 7.41. The van der Waals surface area contributed by atoms with Crippen LogP contribution >= 0.6 is 0 Å². The lowest BCUT2D eigenvalue weighted by atomic mass is 10.1. The van der Waals surface area contributed by atoms with Crippen molar-refractivity contribution >= 4 is 16.9 Å². The minimum Gasteiger partial charge on any atom is -0.493 e. The molecule has 0 unspecified atom stereocenters. The van der Waals surface area contributed by atoms with Crippen molar-refractivity contribution in [2.24, 2.45) is 0 Å². The van der Waals surface area contributed by atoms with Crippen LogP contribution in [0.1, 0.15) is 10.4 Å². The summed E-state index contributed by atoms with van der Waals surface area (Å²) in [6.45, 7) is 0. The maximum Gasteiger partial charge on any atom is 0.337 e. The van der Waals surface area contributed by atoms with E-state index < -0.39 is 5.97 Å². The van der Waals surface area contributed by atoms with Crippen molar-refractivity contribution in [2.45, 2.75) is 0 Å². The van der Waals surface area contributed by atoms with Crippen molar-refractivity contribution in [1.29, 1.82) is 0 Å². The molecule has 0 bridgehead atoms. The molecule has 0 aliphatic carbocycles. The van der Waals surface area contributed by atoms with Gasteiger partial charge in [-0.1, -0.05) is 12.1 Å². The van der Waals surface area contributed by atoms with Crippen molar-refractivity contribution in [3.8, 4) is 28.6 Å². The molecule has 0 aliphatic rings. The zero-order valence-corrected chi connectivity index (χ0v) is 15.3. The van der Waals surface area contributed by atoms with Gasteiger partial charge >= 0.3 is 5.97 Å². The Kier molecular flexibility index (Phi) is 5.03. The first-order chi connectivity index (χ1) is 13.0. The number of esters is 1. The predicted octanol–water partition coefficient (Wildman–Crippen LogP) is 3.27. The van der Waals surface area contributed by atoms with E-state index in [0.29, 0.717) is 28.4 Å². The van der Waals surface area contributed by atoms with E-state index in [0.717, 1.165) is 0 Å². The Morgan fingerprint density at radius 2 is 1.67 bits per heavy atom. The Morgan fingerprint density at radius 3 is 2.30 bits per heavy atom.